The lowest BCUT2D eigenvalue weighted by atomic mass is 9.94. The summed E-state index contributed by atoms with van der Waals surface area (Å²) in [6, 6.07) is 0. The fourth-order valence-corrected chi connectivity index (χ4v) is 1.47. The van der Waals surface area contributed by atoms with Crippen molar-refractivity contribution in [3.63, 3.8) is 0 Å². The van der Waals surface area contributed by atoms with Gasteiger partial charge < -0.3 is 9.84 Å². The van der Waals surface area contributed by atoms with E-state index in [1.807, 2.05) is 6.92 Å². The van der Waals surface area contributed by atoms with E-state index in [9.17, 15) is 14.7 Å². The van der Waals surface area contributed by atoms with Gasteiger partial charge in [0, 0.05) is 5.92 Å². The second-order valence-electron chi connectivity index (χ2n) is 3.73. The van der Waals surface area contributed by atoms with E-state index in [1.54, 1.807) is 6.92 Å². The highest BCUT2D eigenvalue weighted by atomic mass is 16.5. The standard InChI is InChI=1S/C11H20O4/c1-4-9(8(2)12)5-6-10(13)7-11(14)15-3/h9-10,13H,4-7H2,1-3H3/t9-,10-/m0/s1. The average Bonchev–Trinajstić information content (AvgIpc) is 2.17. The molecule has 1 N–H and O–H groups in total. The monoisotopic (exact) mass is 216 g/mol. The first-order chi connectivity index (χ1) is 7.01. The van der Waals surface area contributed by atoms with Crippen LogP contribution in [0.1, 0.15) is 39.5 Å². The van der Waals surface area contributed by atoms with Gasteiger partial charge in [0.05, 0.1) is 19.6 Å². The lowest BCUT2D eigenvalue weighted by molar-refractivity contribution is -0.142. The number of ether oxygens (including phenoxy) is 1. The van der Waals surface area contributed by atoms with E-state index in [2.05, 4.69) is 4.74 Å². The predicted octanol–water partition coefficient (Wildman–Crippen LogP) is 1.31. The Morgan fingerprint density at radius 3 is 2.33 bits per heavy atom. The number of ketones is 1. The molecule has 0 fully saturated rings. The van der Waals surface area contributed by atoms with E-state index in [1.165, 1.54) is 7.11 Å². The Morgan fingerprint density at radius 2 is 1.93 bits per heavy atom. The molecule has 0 aromatic carbocycles. The molecule has 0 amide bonds. The summed E-state index contributed by atoms with van der Waals surface area (Å²) in [5.41, 5.74) is 0. The van der Waals surface area contributed by atoms with Crippen molar-refractivity contribution in [3.8, 4) is 0 Å². The Kier molecular flexibility index (Phi) is 6.96. The lowest BCUT2D eigenvalue weighted by Gasteiger charge is -2.13. The topological polar surface area (TPSA) is 63.6 Å². The smallest absolute Gasteiger partial charge is 0.308 e. The third-order valence-electron chi connectivity index (χ3n) is 2.55. The molecule has 0 rings (SSSR count). The number of aliphatic hydroxyl groups excluding tert-OH is 1. The van der Waals surface area contributed by atoms with E-state index in [4.69, 9.17) is 0 Å². The molecule has 88 valence electrons. The fourth-order valence-electron chi connectivity index (χ4n) is 1.47. The van der Waals surface area contributed by atoms with Crippen molar-refractivity contribution in [1.82, 2.24) is 0 Å². The van der Waals surface area contributed by atoms with Crippen LogP contribution in [-0.2, 0) is 14.3 Å². The molecule has 0 heterocycles. The Bertz CT molecular complexity index is 213. The van der Waals surface area contributed by atoms with Gasteiger partial charge in [-0.3, -0.25) is 9.59 Å². The van der Waals surface area contributed by atoms with Gasteiger partial charge in [0.15, 0.2) is 0 Å². The SMILES string of the molecule is CC[C@@H](CC[C@H](O)CC(=O)OC)C(C)=O. The van der Waals surface area contributed by atoms with Crippen molar-refractivity contribution in [2.75, 3.05) is 7.11 Å². The van der Waals surface area contributed by atoms with Crippen LogP contribution in [0, 0.1) is 5.92 Å². The summed E-state index contributed by atoms with van der Waals surface area (Å²) in [6.45, 7) is 3.50. The van der Waals surface area contributed by atoms with Crippen molar-refractivity contribution < 1.29 is 19.4 Å². The molecule has 15 heavy (non-hydrogen) atoms. The summed E-state index contributed by atoms with van der Waals surface area (Å²) in [5.74, 6) is -0.279. The number of hydrogen-bond acceptors (Lipinski definition) is 4. The lowest BCUT2D eigenvalue weighted by Crippen LogP contribution is -2.18. The Morgan fingerprint density at radius 1 is 1.33 bits per heavy atom. The van der Waals surface area contributed by atoms with Gasteiger partial charge in [-0.2, -0.15) is 0 Å². The maximum Gasteiger partial charge on any atom is 0.308 e. The number of hydrogen-bond donors (Lipinski definition) is 1. The number of carbonyl (C=O) groups excluding carboxylic acids is 2. The van der Waals surface area contributed by atoms with E-state index in [0.717, 1.165) is 6.42 Å². The Hall–Kier alpha value is -0.900. The molecule has 0 aromatic rings. The van der Waals surface area contributed by atoms with Crippen LogP contribution in [0.3, 0.4) is 0 Å². The minimum absolute atomic E-state index is 0.00250. The van der Waals surface area contributed by atoms with Crippen molar-refractivity contribution in [1.29, 1.82) is 0 Å². The first-order valence-corrected chi connectivity index (χ1v) is 5.26. The second-order valence-corrected chi connectivity index (χ2v) is 3.73. The van der Waals surface area contributed by atoms with Crippen molar-refractivity contribution >= 4 is 11.8 Å². The van der Waals surface area contributed by atoms with Crippen LogP contribution in [0.5, 0.6) is 0 Å². The highest BCUT2D eigenvalue weighted by Gasteiger charge is 2.16. The summed E-state index contributed by atoms with van der Waals surface area (Å²) in [5, 5.41) is 9.46. The minimum atomic E-state index is -0.703. The second kappa shape index (κ2) is 7.40. The molecule has 0 saturated heterocycles. The maximum absolute atomic E-state index is 11.1. The van der Waals surface area contributed by atoms with Gasteiger partial charge in [0.1, 0.15) is 5.78 Å². The molecule has 4 nitrogen and oxygen atoms in total. The molecule has 0 aliphatic rings. The number of aliphatic hydroxyl groups is 1. The molecular formula is C11H20O4. The van der Waals surface area contributed by atoms with E-state index in [-0.39, 0.29) is 18.1 Å². The van der Waals surface area contributed by atoms with Gasteiger partial charge in [-0.25, -0.2) is 0 Å². The molecule has 0 radical (unpaired) electrons. The first-order valence-electron chi connectivity index (χ1n) is 5.26. The zero-order valence-electron chi connectivity index (χ0n) is 9.66. The third-order valence-corrected chi connectivity index (χ3v) is 2.55. The van der Waals surface area contributed by atoms with Crippen molar-refractivity contribution in [2.45, 2.75) is 45.6 Å². The minimum Gasteiger partial charge on any atom is -0.469 e. The third kappa shape index (κ3) is 6.23. The van der Waals surface area contributed by atoms with Crippen LogP contribution in [0.25, 0.3) is 0 Å². The molecule has 0 unspecified atom stereocenters. The van der Waals surface area contributed by atoms with Crippen LogP contribution in [-0.4, -0.2) is 30.1 Å². The van der Waals surface area contributed by atoms with Crippen LogP contribution in [0.15, 0.2) is 0 Å². The number of Topliss-reactive ketones (excluding diaryl/α,β-unsaturated/α-hetero) is 1. The van der Waals surface area contributed by atoms with Gasteiger partial charge in [-0.1, -0.05) is 6.92 Å². The molecule has 0 aliphatic carbocycles. The molecule has 0 saturated carbocycles. The van der Waals surface area contributed by atoms with Gasteiger partial charge >= 0.3 is 5.97 Å². The van der Waals surface area contributed by atoms with Crippen molar-refractivity contribution in [3.05, 3.63) is 0 Å². The average molecular weight is 216 g/mol. The van der Waals surface area contributed by atoms with Gasteiger partial charge in [0.2, 0.25) is 0 Å². The highest BCUT2D eigenvalue weighted by Crippen LogP contribution is 2.15. The summed E-state index contributed by atoms with van der Waals surface area (Å²) in [6.07, 6.45) is 1.17. The van der Waals surface area contributed by atoms with E-state index in [0.29, 0.717) is 12.8 Å². The van der Waals surface area contributed by atoms with Crippen LogP contribution < -0.4 is 0 Å². The molecule has 0 bridgehead atoms. The fraction of sp³-hybridized carbons (Fsp3) is 0.818. The van der Waals surface area contributed by atoms with Crippen LogP contribution in [0.4, 0.5) is 0 Å². The molecular weight excluding hydrogens is 196 g/mol. The highest BCUT2D eigenvalue weighted by molar-refractivity contribution is 5.78. The number of esters is 1. The normalized spacial score (nSPS) is 14.4. The van der Waals surface area contributed by atoms with Crippen LogP contribution in [0.2, 0.25) is 0 Å². The van der Waals surface area contributed by atoms with E-state index >= 15 is 0 Å². The molecule has 0 aromatic heterocycles. The number of rotatable bonds is 7. The predicted molar refractivity (Wildman–Crippen MR) is 56.3 cm³/mol. The summed E-state index contributed by atoms with van der Waals surface area (Å²) >= 11 is 0. The van der Waals surface area contributed by atoms with Gasteiger partial charge in [-0.15, -0.1) is 0 Å². The quantitative estimate of drug-likeness (QED) is 0.652. The molecule has 0 spiro atoms. The summed E-state index contributed by atoms with van der Waals surface area (Å²) < 4.78 is 4.44. The van der Waals surface area contributed by atoms with Crippen LogP contribution >= 0.6 is 0 Å². The maximum atomic E-state index is 11.1. The Balaban J connectivity index is 3.82. The zero-order chi connectivity index (χ0) is 11.8. The summed E-state index contributed by atoms with van der Waals surface area (Å²) in [7, 11) is 1.29. The molecule has 0 aliphatic heterocycles. The Labute approximate surface area is 90.6 Å². The molecule has 2 atom stereocenters. The van der Waals surface area contributed by atoms with E-state index < -0.39 is 12.1 Å². The first kappa shape index (κ1) is 14.1. The van der Waals surface area contributed by atoms with Gasteiger partial charge in [-0.05, 0) is 26.2 Å². The summed E-state index contributed by atoms with van der Waals surface area (Å²) in [4.78, 5) is 21.9. The number of methoxy groups -OCH3 is 1. The van der Waals surface area contributed by atoms with Crippen molar-refractivity contribution in [2.24, 2.45) is 5.92 Å². The molecule has 4 heteroatoms. The van der Waals surface area contributed by atoms with Gasteiger partial charge in [0.25, 0.3) is 0 Å². The largest absolute Gasteiger partial charge is 0.469 e. The number of carbonyl (C=O) groups is 2. The zero-order valence-corrected chi connectivity index (χ0v) is 9.66.